The molecule has 0 saturated carbocycles. The monoisotopic (exact) mass is 424 g/mol. The lowest BCUT2D eigenvalue weighted by Gasteiger charge is -2.27. The molecule has 0 unspecified atom stereocenters. The molecule has 1 aliphatic rings. The number of morpholine rings is 1. The first-order valence-electron chi connectivity index (χ1n) is 10.6. The van der Waals surface area contributed by atoms with Crippen LogP contribution in [0.15, 0.2) is 30.3 Å². The maximum absolute atomic E-state index is 13.7. The van der Waals surface area contributed by atoms with Gasteiger partial charge in [0, 0.05) is 5.56 Å². The van der Waals surface area contributed by atoms with Crippen molar-refractivity contribution in [2.45, 2.75) is 27.7 Å². The first kappa shape index (κ1) is 21.0. The number of fused-ring (bicyclic) bond motifs is 1. The summed E-state index contributed by atoms with van der Waals surface area (Å²) >= 11 is 1.61. The minimum Gasteiger partial charge on any atom is -0.370 e. The van der Waals surface area contributed by atoms with Gasteiger partial charge >= 0.3 is 0 Å². The van der Waals surface area contributed by atoms with Crippen LogP contribution in [0.25, 0.3) is 10.2 Å². The highest BCUT2D eigenvalue weighted by Crippen LogP contribution is 2.32. The van der Waals surface area contributed by atoms with E-state index >= 15 is 0 Å². The standard InChI is InChI=1S/C24H29N3O2S/c1-16-5-6-18(3)20(15-16)23(28)27(10-9-26-11-13-29-14-12-26)24-25-22-19(4)17(2)7-8-21(22)30-24/h5-8,15H,9-14H2,1-4H3/p+1. The van der Waals surface area contributed by atoms with E-state index in [9.17, 15) is 4.79 Å². The van der Waals surface area contributed by atoms with Crippen LogP contribution in [0.4, 0.5) is 5.13 Å². The Balaban J connectivity index is 1.70. The van der Waals surface area contributed by atoms with Gasteiger partial charge in [-0.05, 0) is 56.5 Å². The fraction of sp³-hybridized carbons (Fsp3) is 0.417. The van der Waals surface area contributed by atoms with E-state index in [2.05, 4.69) is 32.0 Å². The number of rotatable bonds is 5. The van der Waals surface area contributed by atoms with Crippen molar-refractivity contribution in [3.05, 3.63) is 58.1 Å². The summed E-state index contributed by atoms with van der Waals surface area (Å²) in [4.78, 5) is 22.0. The van der Waals surface area contributed by atoms with Crippen molar-refractivity contribution in [2.24, 2.45) is 0 Å². The molecule has 0 radical (unpaired) electrons. The zero-order valence-electron chi connectivity index (χ0n) is 18.2. The quantitative estimate of drug-likeness (QED) is 0.685. The Morgan fingerprint density at radius 2 is 1.83 bits per heavy atom. The molecule has 0 aliphatic carbocycles. The number of nitrogens with zero attached hydrogens (tertiary/aromatic N) is 2. The van der Waals surface area contributed by atoms with E-state index in [1.54, 1.807) is 11.3 Å². The number of aromatic nitrogens is 1. The minimum absolute atomic E-state index is 0.0392. The van der Waals surface area contributed by atoms with E-state index < -0.39 is 0 Å². The summed E-state index contributed by atoms with van der Waals surface area (Å²) in [6.07, 6.45) is 0. The van der Waals surface area contributed by atoms with Crippen molar-refractivity contribution in [3.8, 4) is 0 Å². The van der Waals surface area contributed by atoms with Gasteiger partial charge < -0.3 is 9.64 Å². The lowest BCUT2D eigenvalue weighted by Crippen LogP contribution is -3.14. The van der Waals surface area contributed by atoms with Crippen LogP contribution in [-0.2, 0) is 4.74 Å². The van der Waals surface area contributed by atoms with Crippen molar-refractivity contribution in [1.29, 1.82) is 0 Å². The average Bonchev–Trinajstić information content (AvgIpc) is 3.18. The molecule has 1 fully saturated rings. The van der Waals surface area contributed by atoms with Gasteiger partial charge in [0.2, 0.25) is 0 Å². The van der Waals surface area contributed by atoms with Crippen molar-refractivity contribution in [3.63, 3.8) is 0 Å². The van der Waals surface area contributed by atoms with Gasteiger partial charge in [-0.15, -0.1) is 0 Å². The molecule has 2 aromatic carbocycles. The summed E-state index contributed by atoms with van der Waals surface area (Å²) in [7, 11) is 0. The van der Waals surface area contributed by atoms with Gasteiger partial charge in [0.25, 0.3) is 5.91 Å². The molecule has 0 atom stereocenters. The van der Waals surface area contributed by atoms with Gasteiger partial charge in [-0.25, -0.2) is 4.98 Å². The van der Waals surface area contributed by atoms with Gasteiger partial charge in [-0.1, -0.05) is 35.1 Å². The van der Waals surface area contributed by atoms with E-state index in [-0.39, 0.29) is 5.91 Å². The summed E-state index contributed by atoms with van der Waals surface area (Å²) in [5, 5.41) is 0.789. The Hall–Kier alpha value is -2.28. The van der Waals surface area contributed by atoms with Crippen molar-refractivity contribution in [2.75, 3.05) is 44.3 Å². The molecule has 3 aromatic rings. The lowest BCUT2D eigenvalue weighted by atomic mass is 10.0. The molecule has 1 aliphatic heterocycles. The van der Waals surface area contributed by atoms with Crippen LogP contribution in [0, 0.1) is 27.7 Å². The summed E-state index contributed by atoms with van der Waals surface area (Å²) in [6.45, 7) is 13.4. The molecule has 0 spiro atoms. The second-order valence-corrected chi connectivity index (χ2v) is 9.25. The third-order valence-electron chi connectivity index (χ3n) is 6.06. The van der Waals surface area contributed by atoms with Crippen LogP contribution in [0.1, 0.15) is 32.6 Å². The minimum atomic E-state index is 0.0392. The van der Waals surface area contributed by atoms with Gasteiger partial charge in [0.15, 0.2) is 5.13 Å². The number of amides is 1. The topological polar surface area (TPSA) is 46.9 Å². The SMILES string of the molecule is Cc1ccc(C)c(C(=O)N(CC[NH+]2CCOCC2)c2nc3c(C)c(C)ccc3s2)c1. The first-order chi connectivity index (χ1) is 14.4. The summed E-state index contributed by atoms with van der Waals surface area (Å²) in [5.74, 6) is 0.0392. The summed E-state index contributed by atoms with van der Waals surface area (Å²) < 4.78 is 6.62. The summed E-state index contributed by atoms with van der Waals surface area (Å²) in [6, 6.07) is 10.3. The molecular formula is C24H30N3O2S+. The van der Waals surface area contributed by atoms with Crippen LogP contribution >= 0.6 is 11.3 Å². The summed E-state index contributed by atoms with van der Waals surface area (Å²) in [5.41, 5.74) is 6.28. The highest BCUT2D eigenvalue weighted by atomic mass is 32.1. The normalized spacial score (nSPS) is 14.9. The number of hydrogen-bond acceptors (Lipinski definition) is 4. The van der Waals surface area contributed by atoms with Gasteiger partial charge in [-0.2, -0.15) is 0 Å². The Morgan fingerprint density at radius 3 is 2.60 bits per heavy atom. The maximum Gasteiger partial charge on any atom is 0.260 e. The molecule has 5 nitrogen and oxygen atoms in total. The number of aryl methyl sites for hydroxylation is 4. The van der Waals surface area contributed by atoms with Crippen molar-refractivity contribution in [1.82, 2.24) is 4.98 Å². The number of ether oxygens (including phenoxy) is 1. The second kappa shape index (κ2) is 8.84. The van der Waals surface area contributed by atoms with Crippen LogP contribution in [0.2, 0.25) is 0 Å². The predicted molar refractivity (Wildman–Crippen MR) is 123 cm³/mol. The Morgan fingerprint density at radius 1 is 1.10 bits per heavy atom. The highest BCUT2D eigenvalue weighted by Gasteiger charge is 2.25. The number of nitrogens with one attached hydrogen (secondary N) is 1. The number of anilines is 1. The smallest absolute Gasteiger partial charge is 0.260 e. The predicted octanol–water partition coefficient (Wildman–Crippen LogP) is 3.09. The number of carbonyl (C=O) groups is 1. The second-order valence-electron chi connectivity index (χ2n) is 8.24. The van der Waals surface area contributed by atoms with E-state index in [0.29, 0.717) is 6.54 Å². The zero-order chi connectivity index (χ0) is 21.3. The molecule has 158 valence electrons. The van der Waals surface area contributed by atoms with E-state index in [4.69, 9.17) is 9.72 Å². The number of thiazole rings is 1. The van der Waals surface area contributed by atoms with Crippen LogP contribution in [-0.4, -0.2) is 50.3 Å². The average molecular weight is 425 g/mol. The maximum atomic E-state index is 13.7. The Bertz CT molecular complexity index is 1070. The third kappa shape index (κ3) is 4.26. The van der Waals surface area contributed by atoms with E-state index in [1.165, 1.54) is 16.0 Å². The molecule has 1 aromatic heterocycles. The number of benzene rings is 2. The molecule has 4 rings (SSSR count). The molecule has 6 heteroatoms. The van der Waals surface area contributed by atoms with E-state index in [0.717, 1.165) is 64.9 Å². The molecule has 2 heterocycles. The zero-order valence-corrected chi connectivity index (χ0v) is 19.1. The third-order valence-corrected chi connectivity index (χ3v) is 7.11. The molecule has 30 heavy (non-hydrogen) atoms. The number of carbonyl (C=O) groups excluding carboxylic acids is 1. The van der Waals surface area contributed by atoms with Gasteiger partial charge in [-0.3, -0.25) is 9.69 Å². The van der Waals surface area contributed by atoms with Gasteiger partial charge in [0.05, 0.1) is 36.5 Å². The van der Waals surface area contributed by atoms with E-state index in [1.807, 2.05) is 30.9 Å². The number of quaternary nitrogens is 1. The van der Waals surface area contributed by atoms with Crippen molar-refractivity contribution < 1.29 is 14.4 Å². The van der Waals surface area contributed by atoms with Crippen molar-refractivity contribution >= 4 is 32.6 Å². The van der Waals surface area contributed by atoms with Crippen LogP contribution < -0.4 is 9.80 Å². The van der Waals surface area contributed by atoms with Gasteiger partial charge in [0.1, 0.15) is 13.1 Å². The fourth-order valence-electron chi connectivity index (χ4n) is 3.91. The first-order valence-corrected chi connectivity index (χ1v) is 11.4. The Kier molecular flexibility index (Phi) is 6.18. The lowest BCUT2D eigenvalue weighted by molar-refractivity contribution is -0.906. The largest absolute Gasteiger partial charge is 0.370 e. The Labute approximate surface area is 182 Å². The molecule has 1 amide bonds. The van der Waals surface area contributed by atoms with Crippen LogP contribution in [0.3, 0.4) is 0 Å². The number of hydrogen-bond donors (Lipinski definition) is 1. The fourth-order valence-corrected chi connectivity index (χ4v) is 4.95. The molecule has 1 saturated heterocycles. The molecule has 0 bridgehead atoms. The molecule has 1 N–H and O–H groups in total. The van der Waals surface area contributed by atoms with Crippen LogP contribution in [0.5, 0.6) is 0 Å². The highest BCUT2D eigenvalue weighted by molar-refractivity contribution is 7.22. The molecular weight excluding hydrogens is 394 g/mol.